The van der Waals surface area contributed by atoms with Crippen molar-refractivity contribution in [1.82, 2.24) is 5.43 Å². The van der Waals surface area contributed by atoms with Crippen LogP contribution in [0.1, 0.15) is 32.6 Å². The van der Waals surface area contributed by atoms with E-state index in [0.717, 1.165) is 25.0 Å². The quantitative estimate of drug-likeness (QED) is 0.668. The number of hydrogen-bond acceptors (Lipinski definition) is 5. The summed E-state index contributed by atoms with van der Waals surface area (Å²) < 4.78 is 5.26. The maximum atomic E-state index is 11.7. The molecule has 7 nitrogen and oxygen atoms in total. The second-order valence-corrected chi connectivity index (χ2v) is 5.45. The van der Waals surface area contributed by atoms with Gasteiger partial charge in [0.2, 0.25) is 0 Å². The van der Waals surface area contributed by atoms with Crippen LogP contribution < -0.4 is 10.2 Å². The molecule has 0 saturated heterocycles. The number of nitrogens with one attached hydrogen (secondary N) is 1. The second-order valence-electron chi connectivity index (χ2n) is 5.45. The highest BCUT2D eigenvalue weighted by molar-refractivity contribution is 5.87. The molecule has 0 aliphatic heterocycles. The Morgan fingerprint density at radius 3 is 2.82 bits per heavy atom. The molecule has 0 spiro atoms. The number of benzene rings is 1. The van der Waals surface area contributed by atoms with Gasteiger partial charge in [-0.3, -0.25) is 14.9 Å². The number of hydrazone groups is 1. The molecule has 7 heteroatoms. The van der Waals surface area contributed by atoms with Gasteiger partial charge in [-0.2, -0.15) is 5.10 Å². The summed E-state index contributed by atoms with van der Waals surface area (Å²) in [6.45, 7) is 2.00. The van der Waals surface area contributed by atoms with E-state index in [9.17, 15) is 14.9 Å². The summed E-state index contributed by atoms with van der Waals surface area (Å²) in [4.78, 5) is 21.7. The zero-order valence-corrected chi connectivity index (χ0v) is 12.4. The number of non-ortho nitro benzene ring substituents is 1. The van der Waals surface area contributed by atoms with Gasteiger partial charge in [-0.15, -0.1) is 0 Å². The molecule has 1 atom stereocenters. The van der Waals surface area contributed by atoms with Gasteiger partial charge in [-0.1, -0.05) is 6.92 Å². The summed E-state index contributed by atoms with van der Waals surface area (Å²) in [5, 5.41) is 14.7. The first-order chi connectivity index (χ1) is 10.5. The SMILES string of the molecule is CC1CCCC(=NNC(=O)COc2ccc([N+](=O)[O-])cc2)C1. The Balaban J connectivity index is 1.77. The molecule has 1 aliphatic carbocycles. The lowest BCUT2D eigenvalue weighted by atomic mass is 9.89. The summed E-state index contributed by atoms with van der Waals surface area (Å²) in [5.74, 6) is 0.671. The molecule has 1 N–H and O–H groups in total. The fraction of sp³-hybridized carbons (Fsp3) is 0.467. The first-order valence-electron chi connectivity index (χ1n) is 7.26. The van der Waals surface area contributed by atoms with Crippen molar-refractivity contribution in [3.8, 4) is 5.75 Å². The standard InChI is InChI=1S/C15H19N3O4/c1-11-3-2-4-12(9-11)16-17-15(19)10-22-14-7-5-13(6-8-14)18(20)21/h5-8,11H,2-4,9-10H2,1H3,(H,17,19). The van der Waals surface area contributed by atoms with E-state index in [1.54, 1.807) is 0 Å². The van der Waals surface area contributed by atoms with E-state index >= 15 is 0 Å². The zero-order valence-electron chi connectivity index (χ0n) is 12.4. The van der Waals surface area contributed by atoms with E-state index in [1.165, 1.54) is 30.7 Å². The van der Waals surface area contributed by atoms with E-state index < -0.39 is 4.92 Å². The Bertz CT molecular complexity index is 569. The Labute approximate surface area is 128 Å². The van der Waals surface area contributed by atoms with Gasteiger partial charge in [0.1, 0.15) is 5.75 Å². The van der Waals surface area contributed by atoms with Crippen molar-refractivity contribution in [2.45, 2.75) is 32.6 Å². The number of nitro benzene ring substituents is 1. The van der Waals surface area contributed by atoms with E-state index in [4.69, 9.17) is 4.74 Å². The van der Waals surface area contributed by atoms with Crippen molar-refractivity contribution in [2.24, 2.45) is 11.0 Å². The fourth-order valence-corrected chi connectivity index (χ4v) is 2.35. The third kappa shape index (κ3) is 4.83. The van der Waals surface area contributed by atoms with E-state index in [1.807, 2.05) is 0 Å². The Morgan fingerprint density at radius 2 is 2.18 bits per heavy atom. The normalized spacial score (nSPS) is 19.7. The van der Waals surface area contributed by atoms with Gasteiger partial charge in [-0.05, 0) is 43.7 Å². The van der Waals surface area contributed by atoms with Crippen LogP contribution in [0.15, 0.2) is 29.4 Å². The molecule has 1 unspecified atom stereocenters. The number of nitrogens with zero attached hydrogens (tertiary/aromatic N) is 2. The molecule has 0 bridgehead atoms. The number of carbonyl (C=O) groups excluding carboxylic acids is 1. The van der Waals surface area contributed by atoms with Gasteiger partial charge in [0, 0.05) is 17.8 Å². The number of ether oxygens (including phenoxy) is 1. The van der Waals surface area contributed by atoms with Crippen molar-refractivity contribution in [3.05, 3.63) is 34.4 Å². The molecule has 2 rings (SSSR count). The van der Waals surface area contributed by atoms with Crippen LogP contribution in [-0.2, 0) is 4.79 Å². The van der Waals surface area contributed by atoms with E-state index in [-0.39, 0.29) is 18.2 Å². The highest BCUT2D eigenvalue weighted by Gasteiger charge is 2.14. The van der Waals surface area contributed by atoms with Crippen molar-refractivity contribution in [3.63, 3.8) is 0 Å². The van der Waals surface area contributed by atoms with Crippen molar-refractivity contribution in [2.75, 3.05) is 6.61 Å². The molecule has 1 aliphatic rings. The van der Waals surface area contributed by atoms with Gasteiger partial charge in [0.05, 0.1) is 4.92 Å². The summed E-state index contributed by atoms with van der Waals surface area (Å²) in [5.41, 5.74) is 3.49. The fourth-order valence-electron chi connectivity index (χ4n) is 2.35. The van der Waals surface area contributed by atoms with Crippen LogP contribution in [0, 0.1) is 16.0 Å². The predicted molar refractivity (Wildman–Crippen MR) is 81.8 cm³/mol. The first-order valence-corrected chi connectivity index (χ1v) is 7.26. The van der Waals surface area contributed by atoms with Crippen LogP contribution in [0.5, 0.6) is 5.75 Å². The highest BCUT2D eigenvalue weighted by Crippen LogP contribution is 2.21. The van der Waals surface area contributed by atoms with Gasteiger partial charge in [-0.25, -0.2) is 5.43 Å². The van der Waals surface area contributed by atoms with Crippen LogP contribution in [0.2, 0.25) is 0 Å². The third-order valence-corrected chi connectivity index (χ3v) is 3.50. The zero-order chi connectivity index (χ0) is 15.9. The van der Waals surface area contributed by atoms with Crippen molar-refractivity contribution in [1.29, 1.82) is 0 Å². The minimum atomic E-state index is -0.488. The highest BCUT2D eigenvalue weighted by atomic mass is 16.6. The maximum absolute atomic E-state index is 11.7. The third-order valence-electron chi connectivity index (χ3n) is 3.50. The van der Waals surface area contributed by atoms with Crippen LogP contribution in [0.25, 0.3) is 0 Å². The monoisotopic (exact) mass is 305 g/mol. The Morgan fingerprint density at radius 1 is 1.45 bits per heavy atom. The lowest BCUT2D eigenvalue weighted by molar-refractivity contribution is -0.384. The maximum Gasteiger partial charge on any atom is 0.277 e. The summed E-state index contributed by atoms with van der Waals surface area (Å²) >= 11 is 0. The van der Waals surface area contributed by atoms with Gasteiger partial charge >= 0.3 is 0 Å². The Hall–Kier alpha value is -2.44. The smallest absolute Gasteiger partial charge is 0.277 e. The average Bonchev–Trinajstić information content (AvgIpc) is 2.51. The molecular formula is C15H19N3O4. The summed E-state index contributed by atoms with van der Waals surface area (Å²) in [7, 11) is 0. The Kier molecular flexibility index (Phi) is 5.46. The lowest BCUT2D eigenvalue weighted by Gasteiger charge is -2.18. The molecule has 22 heavy (non-hydrogen) atoms. The number of hydrogen-bond donors (Lipinski definition) is 1. The molecule has 0 heterocycles. The molecule has 1 aromatic rings. The van der Waals surface area contributed by atoms with Crippen LogP contribution in [-0.4, -0.2) is 23.1 Å². The van der Waals surface area contributed by atoms with E-state index in [0.29, 0.717) is 11.7 Å². The largest absolute Gasteiger partial charge is 0.484 e. The molecule has 0 radical (unpaired) electrons. The van der Waals surface area contributed by atoms with Gasteiger partial charge in [0.25, 0.3) is 11.6 Å². The lowest BCUT2D eigenvalue weighted by Crippen LogP contribution is -2.27. The first kappa shape index (κ1) is 15.9. The molecule has 118 valence electrons. The topological polar surface area (TPSA) is 93.8 Å². The predicted octanol–water partition coefficient (Wildman–Crippen LogP) is 2.66. The van der Waals surface area contributed by atoms with Crippen LogP contribution >= 0.6 is 0 Å². The van der Waals surface area contributed by atoms with Gasteiger partial charge < -0.3 is 4.74 Å². The summed E-state index contributed by atoms with van der Waals surface area (Å²) in [6.07, 6.45) is 4.16. The van der Waals surface area contributed by atoms with Gasteiger partial charge in [0.15, 0.2) is 6.61 Å². The minimum Gasteiger partial charge on any atom is -0.484 e. The number of nitro groups is 1. The molecular weight excluding hydrogens is 286 g/mol. The second kappa shape index (κ2) is 7.53. The molecule has 1 amide bonds. The molecule has 1 aromatic carbocycles. The molecule has 1 saturated carbocycles. The molecule has 0 aromatic heterocycles. The van der Waals surface area contributed by atoms with Crippen molar-refractivity contribution >= 4 is 17.3 Å². The number of carbonyl (C=O) groups is 1. The average molecular weight is 305 g/mol. The summed E-state index contributed by atoms with van der Waals surface area (Å²) in [6, 6.07) is 5.58. The minimum absolute atomic E-state index is 0.0189. The van der Waals surface area contributed by atoms with E-state index in [2.05, 4.69) is 17.5 Å². The number of amides is 1. The van der Waals surface area contributed by atoms with Crippen LogP contribution in [0.4, 0.5) is 5.69 Å². The van der Waals surface area contributed by atoms with Crippen molar-refractivity contribution < 1.29 is 14.5 Å². The van der Waals surface area contributed by atoms with Crippen LogP contribution in [0.3, 0.4) is 0 Å². The molecule has 1 fully saturated rings. The number of rotatable bonds is 5.